The number of benzene rings is 1. The van der Waals surface area contributed by atoms with Crippen LogP contribution in [0.2, 0.25) is 0 Å². The van der Waals surface area contributed by atoms with Crippen molar-refractivity contribution in [2.24, 2.45) is 5.92 Å². The molecule has 0 fully saturated rings. The van der Waals surface area contributed by atoms with Crippen molar-refractivity contribution in [3.05, 3.63) is 47.1 Å². The first-order chi connectivity index (χ1) is 21.1. The minimum absolute atomic E-state index is 0.124. The Bertz CT molecular complexity index is 1090. The number of nitrogens with zero attached hydrogens (tertiary/aromatic N) is 2. The fraction of sp³-hybridized carbons (Fsp3) is 0.676. The third-order valence-electron chi connectivity index (χ3n) is 8.40. The van der Waals surface area contributed by atoms with Crippen molar-refractivity contribution < 1.29 is 28.0 Å². The first kappa shape index (κ1) is 38.3. The van der Waals surface area contributed by atoms with E-state index in [4.69, 9.17) is 9.47 Å². The Morgan fingerprint density at radius 3 is 1.80 bits per heavy atom. The lowest BCUT2D eigenvalue weighted by Crippen LogP contribution is -2.36. The second-order valence-electron chi connectivity index (χ2n) is 15.1. The second-order valence-corrected chi connectivity index (χ2v) is 15.1. The lowest BCUT2D eigenvalue weighted by Gasteiger charge is -2.32. The normalized spacial score (nSPS) is 17.0. The molecule has 2 N–H and O–H groups in total. The van der Waals surface area contributed by atoms with E-state index in [0.717, 1.165) is 103 Å². The van der Waals surface area contributed by atoms with E-state index in [-0.39, 0.29) is 11.8 Å². The Morgan fingerprint density at radius 2 is 1.36 bits per heavy atom. The summed E-state index contributed by atoms with van der Waals surface area (Å²) in [6.45, 7) is 13.8. The van der Waals surface area contributed by atoms with Gasteiger partial charge in [-0.1, -0.05) is 43.6 Å². The lowest BCUT2D eigenvalue weighted by atomic mass is 9.73. The molecule has 45 heavy (non-hydrogen) atoms. The molecule has 8 heteroatoms. The van der Waals surface area contributed by atoms with Gasteiger partial charge in [-0.15, -0.1) is 0 Å². The number of allylic oxidation sites excluding steroid dienone is 3. The molecule has 0 radical (unpaired) electrons. The van der Waals surface area contributed by atoms with E-state index in [2.05, 4.69) is 86.3 Å². The number of ether oxygens (including phenoxy) is 2. The molecular weight excluding hydrogens is 564 g/mol. The standard InChI is InChI=1S/C37H62N4O4/c1-11-12-13-18-30-26-33(44-36(42)38-21-14-16-23-40(5,6)7)35(32-25-29(4)19-20-31(32)28(2)3)34(27-30)45-37(43)39-22-15-17-24-41(8,9)10/h25-27,31-32H,2,11-24H2,1,3-10H3/p+2. The van der Waals surface area contributed by atoms with Crippen LogP contribution in [0.5, 0.6) is 11.5 Å². The molecule has 0 aromatic heterocycles. The van der Waals surface area contributed by atoms with Gasteiger partial charge < -0.3 is 29.1 Å². The minimum Gasteiger partial charge on any atom is -0.410 e. The second kappa shape index (κ2) is 18.3. The molecule has 254 valence electrons. The van der Waals surface area contributed by atoms with Crippen LogP contribution in [0.1, 0.15) is 95.6 Å². The summed E-state index contributed by atoms with van der Waals surface area (Å²) in [6.07, 6.45) is 11.0. The maximum atomic E-state index is 13.2. The molecule has 1 aliphatic carbocycles. The average Bonchev–Trinajstić information content (AvgIpc) is 2.91. The SMILES string of the molecule is C=C(C)C1CCC(C)=CC1c1c(OC(=O)NCCCC[N+](C)(C)C)cc(CCCCC)cc1OC(=O)NCCCC[N+](C)(C)C. The van der Waals surface area contributed by atoms with Crippen molar-refractivity contribution in [3.8, 4) is 11.5 Å². The van der Waals surface area contributed by atoms with Gasteiger partial charge in [0.15, 0.2) is 0 Å². The number of hydrogen-bond acceptors (Lipinski definition) is 4. The number of rotatable bonds is 18. The maximum Gasteiger partial charge on any atom is 0.412 e. The molecule has 0 saturated carbocycles. The van der Waals surface area contributed by atoms with E-state index < -0.39 is 12.2 Å². The van der Waals surface area contributed by atoms with Crippen molar-refractivity contribution in [2.45, 2.75) is 90.9 Å². The van der Waals surface area contributed by atoms with Gasteiger partial charge in [0.05, 0.1) is 55.4 Å². The van der Waals surface area contributed by atoms with E-state index in [9.17, 15) is 9.59 Å². The van der Waals surface area contributed by atoms with Gasteiger partial charge in [0.25, 0.3) is 0 Å². The Hall–Kier alpha value is -2.84. The molecule has 1 aromatic carbocycles. The van der Waals surface area contributed by atoms with Crippen LogP contribution in [0, 0.1) is 5.92 Å². The van der Waals surface area contributed by atoms with Gasteiger partial charge in [0, 0.05) is 24.6 Å². The molecule has 2 atom stereocenters. The molecule has 2 rings (SSSR count). The number of quaternary nitrogens is 2. The highest BCUT2D eigenvalue weighted by Crippen LogP contribution is 2.47. The molecule has 0 heterocycles. The van der Waals surface area contributed by atoms with E-state index in [1.54, 1.807) is 0 Å². The predicted octanol–water partition coefficient (Wildman–Crippen LogP) is 7.58. The van der Waals surface area contributed by atoms with E-state index in [1.165, 1.54) is 5.57 Å². The number of carbonyl (C=O) groups is 2. The molecule has 0 spiro atoms. The van der Waals surface area contributed by atoms with Gasteiger partial charge in [0.1, 0.15) is 11.5 Å². The fourth-order valence-corrected chi connectivity index (χ4v) is 5.86. The van der Waals surface area contributed by atoms with Crippen molar-refractivity contribution in [3.63, 3.8) is 0 Å². The number of aryl methyl sites for hydroxylation is 1. The smallest absolute Gasteiger partial charge is 0.410 e. The first-order valence-electron chi connectivity index (χ1n) is 17.1. The minimum atomic E-state index is -0.483. The topological polar surface area (TPSA) is 76.7 Å². The quantitative estimate of drug-likeness (QED) is 0.0998. The van der Waals surface area contributed by atoms with Gasteiger partial charge in [0.2, 0.25) is 0 Å². The summed E-state index contributed by atoms with van der Waals surface area (Å²) in [5.41, 5.74) is 4.06. The molecule has 0 aliphatic heterocycles. The number of unbranched alkanes of at least 4 members (excludes halogenated alkanes) is 4. The average molecular weight is 629 g/mol. The lowest BCUT2D eigenvalue weighted by molar-refractivity contribution is -0.870. The monoisotopic (exact) mass is 628 g/mol. The third-order valence-corrected chi connectivity index (χ3v) is 8.40. The molecule has 1 aromatic rings. The zero-order valence-corrected chi connectivity index (χ0v) is 30.0. The summed E-state index contributed by atoms with van der Waals surface area (Å²) in [5.74, 6) is 0.934. The van der Waals surface area contributed by atoms with Gasteiger partial charge in [-0.25, -0.2) is 9.59 Å². The Balaban J connectivity index is 2.40. The molecule has 0 saturated heterocycles. The van der Waals surface area contributed by atoms with Crippen LogP contribution in [0.3, 0.4) is 0 Å². The van der Waals surface area contributed by atoms with Gasteiger partial charge in [-0.3, -0.25) is 0 Å². The number of hydrogen-bond donors (Lipinski definition) is 2. The van der Waals surface area contributed by atoms with Gasteiger partial charge >= 0.3 is 12.2 Å². The summed E-state index contributed by atoms with van der Waals surface area (Å²) in [6, 6.07) is 3.95. The molecule has 2 amide bonds. The van der Waals surface area contributed by atoms with Crippen LogP contribution < -0.4 is 20.1 Å². The van der Waals surface area contributed by atoms with Crippen LogP contribution in [-0.2, 0) is 6.42 Å². The Labute approximate surface area is 274 Å². The summed E-state index contributed by atoms with van der Waals surface area (Å²) in [5, 5.41) is 5.90. The molecule has 2 unspecified atom stereocenters. The number of amides is 2. The van der Waals surface area contributed by atoms with Crippen LogP contribution in [0.25, 0.3) is 0 Å². The number of nitrogens with one attached hydrogen (secondary N) is 2. The fourth-order valence-electron chi connectivity index (χ4n) is 5.86. The van der Waals surface area contributed by atoms with E-state index >= 15 is 0 Å². The third kappa shape index (κ3) is 14.9. The van der Waals surface area contributed by atoms with Gasteiger partial charge in [-0.05, 0) is 88.8 Å². The van der Waals surface area contributed by atoms with E-state index in [0.29, 0.717) is 24.6 Å². The summed E-state index contributed by atoms with van der Waals surface area (Å²) in [4.78, 5) is 26.3. The number of carbonyl (C=O) groups excluding carboxylic acids is 2. The Morgan fingerprint density at radius 1 is 0.844 bits per heavy atom. The highest BCUT2D eigenvalue weighted by molar-refractivity contribution is 5.74. The Kier molecular flexibility index (Phi) is 15.6. The van der Waals surface area contributed by atoms with Crippen LogP contribution in [-0.4, -0.2) is 89.6 Å². The highest BCUT2D eigenvalue weighted by Gasteiger charge is 2.32. The van der Waals surface area contributed by atoms with Crippen LogP contribution >= 0.6 is 0 Å². The summed E-state index contributed by atoms with van der Waals surface area (Å²) >= 11 is 0. The molecule has 1 aliphatic rings. The summed E-state index contributed by atoms with van der Waals surface area (Å²) < 4.78 is 14.0. The maximum absolute atomic E-state index is 13.2. The van der Waals surface area contributed by atoms with Crippen LogP contribution in [0.15, 0.2) is 35.9 Å². The van der Waals surface area contributed by atoms with Crippen LogP contribution in [0.4, 0.5) is 9.59 Å². The first-order valence-corrected chi connectivity index (χ1v) is 17.1. The van der Waals surface area contributed by atoms with Crippen molar-refractivity contribution in [2.75, 3.05) is 68.5 Å². The predicted molar refractivity (Wildman–Crippen MR) is 186 cm³/mol. The highest BCUT2D eigenvalue weighted by atomic mass is 16.6. The zero-order valence-electron chi connectivity index (χ0n) is 30.0. The van der Waals surface area contributed by atoms with E-state index in [1.807, 2.05) is 12.1 Å². The molecular formula is C37H64N4O4+2. The zero-order chi connectivity index (χ0) is 33.6. The molecule has 8 nitrogen and oxygen atoms in total. The van der Waals surface area contributed by atoms with Crippen molar-refractivity contribution in [1.82, 2.24) is 10.6 Å². The van der Waals surface area contributed by atoms with Crippen molar-refractivity contribution in [1.29, 1.82) is 0 Å². The van der Waals surface area contributed by atoms with Crippen molar-refractivity contribution >= 4 is 12.2 Å². The largest absolute Gasteiger partial charge is 0.412 e. The van der Waals surface area contributed by atoms with Gasteiger partial charge in [-0.2, -0.15) is 0 Å². The summed E-state index contributed by atoms with van der Waals surface area (Å²) in [7, 11) is 13.0. The molecule has 0 bridgehead atoms.